The SMILES string of the molecule is O=C(NCC1CCCO1)NC1CCOC1. The summed E-state index contributed by atoms with van der Waals surface area (Å²) in [6, 6.07) is 0.0653. The summed E-state index contributed by atoms with van der Waals surface area (Å²) in [5.74, 6) is 0. The van der Waals surface area contributed by atoms with Gasteiger partial charge in [0.25, 0.3) is 0 Å². The average molecular weight is 214 g/mol. The van der Waals surface area contributed by atoms with E-state index in [1.807, 2.05) is 0 Å². The van der Waals surface area contributed by atoms with E-state index < -0.39 is 0 Å². The van der Waals surface area contributed by atoms with Crippen molar-refractivity contribution in [1.82, 2.24) is 10.6 Å². The minimum Gasteiger partial charge on any atom is -0.379 e. The van der Waals surface area contributed by atoms with Crippen molar-refractivity contribution in [3.63, 3.8) is 0 Å². The zero-order valence-corrected chi connectivity index (χ0v) is 8.83. The van der Waals surface area contributed by atoms with Crippen molar-refractivity contribution in [1.29, 1.82) is 0 Å². The summed E-state index contributed by atoms with van der Waals surface area (Å²) in [5.41, 5.74) is 0. The second kappa shape index (κ2) is 5.32. The van der Waals surface area contributed by atoms with Crippen LogP contribution in [0, 0.1) is 0 Å². The molecule has 2 atom stereocenters. The van der Waals surface area contributed by atoms with Crippen LogP contribution in [0.4, 0.5) is 4.79 Å². The molecule has 2 amide bonds. The topological polar surface area (TPSA) is 59.6 Å². The molecule has 0 aliphatic carbocycles. The van der Waals surface area contributed by atoms with Crippen molar-refractivity contribution >= 4 is 6.03 Å². The molecule has 2 N–H and O–H groups in total. The molecule has 5 nitrogen and oxygen atoms in total. The Hall–Kier alpha value is -0.810. The van der Waals surface area contributed by atoms with Crippen LogP contribution in [0.5, 0.6) is 0 Å². The molecule has 0 aromatic carbocycles. The van der Waals surface area contributed by atoms with Gasteiger partial charge in [-0.05, 0) is 19.3 Å². The Morgan fingerprint density at radius 2 is 2.27 bits per heavy atom. The molecule has 0 radical (unpaired) electrons. The lowest BCUT2D eigenvalue weighted by Gasteiger charge is -2.14. The van der Waals surface area contributed by atoms with E-state index in [0.717, 1.165) is 32.5 Å². The molecular weight excluding hydrogens is 196 g/mol. The molecular formula is C10H18N2O3. The summed E-state index contributed by atoms with van der Waals surface area (Å²) < 4.78 is 10.6. The van der Waals surface area contributed by atoms with Gasteiger partial charge in [-0.25, -0.2) is 4.79 Å². The number of carbonyl (C=O) groups is 1. The van der Waals surface area contributed by atoms with Crippen LogP contribution in [-0.2, 0) is 9.47 Å². The van der Waals surface area contributed by atoms with Gasteiger partial charge < -0.3 is 20.1 Å². The highest BCUT2D eigenvalue weighted by Crippen LogP contribution is 2.10. The number of rotatable bonds is 3. The van der Waals surface area contributed by atoms with Crippen LogP contribution >= 0.6 is 0 Å². The number of hydrogen-bond donors (Lipinski definition) is 2. The van der Waals surface area contributed by atoms with Gasteiger partial charge in [0.05, 0.1) is 18.8 Å². The minimum atomic E-state index is -0.110. The van der Waals surface area contributed by atoms with Gasteiger partial charge in [0.15, 0.2) is 0 Å². The van der Waals surface area contributed by atoms with Crippen molar-refractivity contribution in [2.45, 2.75) is 31.4 Å². The molecule has 5 heteroatoms. The molecule has 2 heterocycles. The maximum Gasteiger partial charge on any atom is 0.315 e. The van der Waals surface area contributed by atoms with Gasteiger partial charge in [-0.1, -0.05) is 0 Å². The predicted molar refractivity (Wildman–Crippen MR) is 54.7 cm³/mol. The fourth-order valence-corrected chi connectivity index (χ4v) is 1.90. The molecule has 2 rings (SSSR count). The number of nitrogens with one attached hydrogen (secondary N) is 2. The standard InChI is InChI=1S/C10H18N2O3/c13-10(12-8-3-5-14-7-8)11-6-9-2-1-4-15-9/h8-9H,1-7H2,(H2,11,12,13). The molecule has 0 aromatic rings. The fourth-order valence-electron chi connectivity index (χ4n) is 1.90. The van der Waals surface area contributed by atoms with Gasteiger partial charge in [-0.2, -0.15) is 0 Å². The summed E-state index contributed by atoms with van der Waals surface area (Å²) in [4.78, 5) is 11.4. The third kappa shape index (κ3) is 3.35. The molecule has 0 saturated carbocycles. The summed E-state index contributed by atoms with van der Waals surface area (Å²) in [5, 5.41) is 5.69. The molecule has 0 bridgehead atoms. The van der Waals surface area contributed by atoms with Crippen molar-refractivity contribution in [2.75, 3.05) is 26.4 Å². The molecule has 0 aromatic heterocycles. The van der Waals surface area contributed by atoms with Crippen molar-refractivity contribution in [3.05, 3.63) is 0 Å². The summed E-state index contributed by atoms with van der Waals surface area (Å²) in [7, 11) is 0. The molecule has 15 heavy (non-hydrogen) atoms. The normalized spacial score (nSPS) is 30.4. The van der Waals surface area contributed by atoms with Crippen LogP contribution in [0.25, 0.3) is 0 Å². The van der Waals surface area contributed by atoms with E-state index in [0.29, 0.717) is 13.2 Å². The Labute approximate surface area is 89.5 Å². The summed E-state index contributed by atoms with van der Waals surface area (Å²) in [6.45, 7) is 2.81. The number of carbonyl (C=O) groups excluding carboxylic acids is 1. The zero-order valence-electron chi connectivity index (χ0n) is 8.83. The van der Waals surface area contributed by atoms with E-state index in [4.69, 9.17) is 9.47 Å². The van der Waals surface area contributed by atoms with E-state index in [1.54, 1.807) is 0 Å². The quantitative estimate of drug-likeness (QED) is 0.708. The largest absolute Gasteiger partial charge is 0.379 e. The second-order valence-electron chi connectivity index (χ2n) is 4.05. The summed E-state index contributed by atoms with van der Waals surface area (Å²) >= 11 is 0. The Balaban J connectivity index is 1.59. The Kier molecular flexibility index (Phi) is 3.80. The Bertz CT molecular complexity index is 211. The van der Waals surface area contributed by atoms with Crippen LogP contribution in [0.3, 0.4) is 0 Å². The zero-order chi connectivity index (χ0) is 10.5. The first-order chi connectivity index (χ1) is 7.34. The highest BCUT2D eigenvalue weighted by Gasteiger charge is 2.19. The molecule has 2 aliphatic heterocycles. The lowest BCUT2D eigenvalue weighted by molar-refractivity contribution is 0.111. The molecule has 2 unspecified atom stereocenters. The van der Waals surface area contributed by atoms with Gasteiger partial charge in [-0.15, -0.1) is 0 Å². The highest BCUT2D eigenvalue weighted by molar-refractivity contribution is 5.74. The molecule has 0 spiro atoms. The Morgan fingerprint density at radius 1 is 1.33 bits per heavy atom. The van der Waals surface area contributed by atoms with Crippen LogP contribution in [0.15, 0.2) is 0 Å². The van der Waals surface area contributed by atoms with E-state index in [1.165, 1.54) is 0 Å². The van der Waals surface area contributed by atoms with Crippen molar-refractivity contribution in [2.24, 2.45) is 0 Å². The molecule has 2 fully saturated rings. The third-order valence-corrected chi connectivity index (χ3v) is 2.78. The first kappa shape index (κ1) is 10.7. The van der Waals surface area contributed by atoms with Crippen molar-refractivity contribution < 1.29 is 14.3 Å². The van der Waals surface area contributed by atoms with Gasteiger partial charge in [0.2, 0.25) is 0 Å². The number of hydrogen-bond acceptors (Lipinski definition) is 3. The maximum absolute atomic E-state index is 11.4. The Morgan fingerprint density at radius 3 is 2.93 bits per heavy atom. The van der Waals surface area contributed by atoms with E-state index in [2.05, 4.69) is 10.6 Å². The van der Waals surface area contributed by atoms with Crippen LogP contribution in [0.1, 0.15) is 19.3 Å². The molecule has 2 aliphatic rings. The van der Waals surface area contributed by atoms with Gasteiger partial charge in [0.1, 0.15) is 0 Å². The highest BCUT2D eigenvalue weighted by atomic mass is 16.5. The van der Waals surface area contributed by atoms with Crippen molar-refractivity contribution in [3.8, 4) is 0 Å². The van der Waals surface area contributed by atoms with Crippen LogP contribution in [0.2, 0.25) is 0 Å². The molecule has 86 valence electrons. The lowest BCUT2D eigenvalue weighted by Crippen LogP contribution is -2.44. The summed E-state index contributed by atoms with van der Waals surface area (Å²) in [6.07, 6.45) is 3.26. The number of urea groups is 1. The van der Waals surface area contributed by atoms with E-state index >= 15 is 0 Å². The fraction of sp³-hybridized carbons (Fsp3) is 0.900. The van der Waals surface area contributed by atoms with Crippen LogP contribution < -0.4 is 10.6 Å². The van der Waals surface area contributed by atoms with Crippen LogP contribution in [-0.4, -0.2) is 44.5 Å². The molecule has 2 saturated heterocycles. The maximum atomic E-state index is 11.4. The first-order valence-corrected chi connectivity index (χ1v) is 5.58. The monoisotopic (exact) mass is 214 g/mol. The predicted octanol–water partition coefficient (Wildman–Crippen LogP) is 0.253. The van der Waals surface area contributed by atoms with Gasteiger partial charge >= 0.3 is 6.03 Å². The third-order valence-electron chi connectivity index (χ3n) is 2.78. The van der Waals surface area contributed by atoms with E-state index in [-0.39, 0.29) is 18.2 Å². The average Bonchev–Trinajstić information content (AvgIpc) is 2.86. The number of amides is 2. The minimum absolute atomic E-state index is 0.110. The van der Waals surface area contributed by atoms with Gasteiger partial charge in [-0.3, -0.25) is 0 Å². The second-order valence-corrected chi connectivity index (χ2v) is 4.05. The van der Waals surface area contributed by atoms with E-state index in [9.17, 15) is 4.79 Å². The smallest absolute Gasteiger partial charge is 0.315 e. The number of ether oxygens (including phenoxy) is 2. The first-order valence-electron chi connectivity index (χ1n) is 5.58. The van der Waals surface area contributed by atoms with Gasteiger partial charge in [0, 0.05) is 19.8 Å². The lowest BCUT2D eigenvalue weighted by atomic mass is 10.2.